The first kappa shape index (κ1) is 22.5. The highest BCUT2D eigenvalue weighted by atomic mass is 32.2. The molecule has 1 amide bonds. The molecule has 7 nitrogen and oxygen atoms in total. The summed E-state index contributed by atoms with van der Waals surface area (Å²) in [6.07, 6.45) is 3.99. The minimum atomic E-state index is -0.228. The Morgan fingerprint density at radius 3 is 2.87 bits per heavy atom. The van der Waals surface area contributed by atoms with E-state index in [9.17, 15) is 9.59 Å². The van der Waals surface area contributed by atoms with Crippen molar-refractivity contribution in [2.24, 2.45) is 5.92 Å². The lowest BCUT2D eigenvalue weighted by molar-refractivity contribution is -0.122. The Morgan fingerprint density at radius 1 is 1.33 bits per heavy atom. The fourth-order valence-corrected chi connectivity index (χ4v) is 4.25. The first-order chi connectivity index (χ1) is 14.4. The van der Waals surface area contributed by atoms with Crippen LogP contribution < -0.4 is 10.9 Å². The molecule has 0 unspecified atom stereocenters. The summed E-state index contributed by atoms with van der Waals surface area (Å²) >= 11 is 6.60. The fourth-order valence-electron chi connectivity index (χ4n) is 2.96. The molecule has 0 atom stereocenters. The van der Waals surface area contributed by atoms with E-state index in [4.69, 9.17) is 17.0 Å². The van der Waals surface area contributed by atoms with E-state index in [1.54, 1.807) is 29.3 Å². The summed E-state index contributed by atoms with van der Waals surface area (Å²) in [7, 11) is 0. The minimum absolute atomic E-state index is 0.186. The van der Waals surface area contributed by atoms with Gasteiger partial charge in [0.1, 0.15) is 15.8 Å². The molecule has 1 N–H and O–H groups in total. The van der Waals surface area contributed by atoms with Crippen LogP contribution in [0.2, 0.25) is 0 Å². The number of carbonyl (C=O) groups excluding carboxylic acids is 1. The number of amides is 1. The van der Waals surface area contributed by atoms with Crippen molar-refractivity contribution in [1.82, 2.24) is 14.3 Å². The molecule has 1 saturated heterocycles. The molecule has 9 heteroatoms. The molecule has 2 aromatic rings. The molecule has 0 spiro atoms. The zero-order valence-electron chi connectivity index (χ0n) is 17.4. The van der Waals surface area contributed by atoms with Crippen LogP contribution in [0.15, 0.2) is 34.1 Å². The second-order valence-electron chi connectivity index (χ2n) is 7.27. The number of ether oxygens (including phenoxy) is 1. The quantitative estimate of drug-likeness (QED) is 0.359. The maximum absolute atomic E-state index is 13.2. The van der Waals surface area contributed by atoms with Crippen molar-refractivity contribution in [1.29, 1.82) is 0 Å². The molecule has 0 bridgehead atoms. The second-order valence-corrected chi connectivity index (χ2v) is 8.94. The fraction of sp³-hybridized carbons (Fsp3) is 0.429. The zero-order valence-corrected chi connectivity index (χ0v) is 19.0. The highest BCUT2D eigenvalue weighted by Crippen LogP contribution is 2.33. The third kappa shape index (κ3) is 5.08. The van der Waals surface area contributed by atoms with Gasteiger partial charge < -0.3 is 10.1 Å². The third-order valence-electron chi connectivity index (χ3n) is 4.47. The van der Waals surface area contributed by atoms with E-state index in [-0.39, 0.29) is 11.5 Å². The molecular weight excluding hydrogens is 420 g/mol. The molecule has 1 aliphatic rings. The maximum atomic E-state index is 13.2. The van der Waals surface area contributed by atoms with Crippen molar-refractivity contribution in [3.05, 3.63) is 45.2 Å². The van der Waals surface area contributed by atoms with Crippen molar-refractivity contribution in [3.63, 3.8) is 0 Å². The highest BCUT2D eigenvalue weighted by Gasteiger charge is 2.32. The molecule has 1 fully saturated rings. The molecule has 0 saturated carbocycles. The van der Waals surface area contributed by atoms with Gasteiger partial charge >= 0.3 is 0 Å². The normalized spacial score (nSPS) is 15.7. The summed E-state index contributed by atoms with van der Waals surface area (Å²) in [6.45, 7) is 8.46. The molecular formula is C21H26N4O3S2. The summed E-state index contributed by atoms with van der Waals surface area (Å²) in [4.78, 5) is 32.6. The minimum Gasteiger partial charge on any atom is -0.382 e. The molecule has 0 aromatic carbocycles. The van der Waals surface area contributed by atoms with Gasteiger partial charge in [-0.1, -0.05) is 43.9 Å². The van der Waals surface area contributed by atoms with Gasteiger partial charge in [-0.25, -0.2) is 4.98 Å². The van der Waals surface area contributed by atoms with Gasteiger partial charge in [0.05, 0.1) is 10.5 Å². The lowest BCUT2D eigenvalue weighted by atomic mass is 10.2. The van der Waals surface area contributed by atoms with Crippen LogP contribution in [0.3, 0.4) is 0 Å². The van der Waals surface area contributed by atoms with E-state index in [2.05, 4.69) is 24.1 Å². The number of aromatic nitrogens is 2. The number of carbonyl (C=O) groups is 1. The molecule has 30 heavy (non-hydrogen) atoms. The Hall–Kier alpha value is -2.23. The molecule has 160 valence electrons. The van der Waals surface area contributed by atoms with E-state index < -0.39 is 0 Å². The lowest BCUT2D eigenvalue weighted by Crippen LogP contribution is -2.29. The van der Waals surface area contributed by atoms with Crippen molar-refractivity contribution < 1.29 is 9.53 Å². The van der Waals surface area contributed by atoms with Crippen molar-refractivity contribution in [2.45, 2.75) is 27.2 Å². The highest BCUT2D eigenvalue weighted by molar-refractivity contribution is 8.26. The number of rotatable bonds is 9. The predicted octanol–water partition coefficient (Wildman–Crippen LogP) is 3.39. The standard InChI is InChI=1S/C21H26N4O3S2/c1-4-28-11-7-10-25-20(27)16(30-21(25)29)12-15-18(22-13-14(2)3)23-17-8-5-6-9-24(17)19(15)26/h5-6,8-9,12,14,22H,4,7,10-11,13H2,1-3H3/b16-12+. The van der Waals surface area contributed by atoms with Crippen LogP contribution in [0.4, 0.5) is 5.82 Å². The number of nitrogens with zero attached hydrogens (tertiary/aromatic N) is 3. The Labute approximate surface area is 185 Å². The van der Waals surface area contributed by atoms with Gasteiger partial charge in [0.25, 0.3) is 11.5 Å². The van der Waals surface area contributed by atoms with Crippen molar-refractivity contribution >= 4 is 51.7 Å². The number of anilines is 1. The zero-order chi connectivity index (χ0) is 21.7. The molecule has 1 aliphatic heterocycles. The van der Waals surface area contributed by atoms with Crippen LogP contribution in [-0.2, 0) is 9.53 Å². The number of thioether (sulfide) groups is 1. The van der Waals surface area contributed by atoms with Gasteiger partial charge in [-0.05, 0) is 37.5 Å². The van der Waals surface area contributed by atoms with Crippen LogP contribution in [0.5, 0.6) is 0 Å². The van der Waals surface area contributed by atoms with Crippen LogP contribution in [-0.4, -0.2) is 50.8 Å². The van der Waals surface area contributed by atoms with Gasteiger partial charge in [-0.2, -0.15) is 0 Å². The Balaban J connectivity index is 1.95. The monoisotopic (exact) mass is 446 g/mol. The van der Waals surface area contributed by atoms with E-state index in [0.29, 0.717) is 64.9 Å². The maximum Gasteiger partial charge on any atom is 0.267 e. The molecule has 2 aromatic heterocycles. The lowest BCUT2D eigenvalue weighted by Gasteiger charge is -2.14. The molecule has 3 rings (SSSR count). The summed E-state index contributed by atoms with van der Waals surface area (Å²) in [6, 6.07) is 5.39. The Morgan fingerprint density at radius 2 is 2.13 bits per heavy atom. The average molecular weight is 447 g/mol. The average Bonchev–Trinajstić information content (AvgIpc) is 2.99. The number of hydrogen-bond donors (Lipinski definition) is 1. The SMILES string of the molecule is CCOCCCN1C(=O)/C(=C\c2c(NCC(C)C)nc3ccccn3c2=O)SC1=S. The van der Waals surface area contributed by atoms with Gasteiger partial charge in [0.15, 0.2) is 0 Å². The van der Waals surface area contributed by atoms with E-state index in [1.165, 1.54) is 16.2 Å². The van der Waals surface area contributed by atoms with Gasteiger partial charge in [0, 0.05) is 32.5 Å². The topological polar surface area (TPSA) is 75.9 Å². The van der Waals surface area contributed by atoms with Crippen LogP contribution >= 0.6 is 24.0 Å². The molecule has 0 radical (unpaired) electrons. The van der Waals surface area contributed by atoms with Crippen LogP contribution in [0.25, 0.3) is 11.7 Å². The largest absolute Gasteiger partial charge is 0.382 e. The molecule has 0 aliphatic carbocycles. The predicted molar refractivity (Wildman–Crippen MR) is 126 cm³/mol. The van der Waals surface area contributed by atoms with E-state index >= 15 is 0 Å². The van der Waals surface area contributed by atoms with Crippen molar-refractivity contribution in [2.75, 3.05) is 31.6 Å². The number of thiocarbonyl (C=S) groups is 1. The third-order valence-corrected chi connectivity index (χ3v) is 5.85. The number of nitrogens with one attached hydrogen (secondary N) is 1. The number of pyridine rings is 1. The summed E-state index contributed by atoms with van der Waals surface area (Å²) < 4.78 is 7.32. The van der Waals surface area contributed by atoms with Crippen molar-refractivity contribution in [3.8, 4) is 0 Å². The van der Waals surface area contributed by atoms with Crippen LogP contribution in [0.1, 0.15) is 32.8 Å². The first-order valence-electron chi connectivity index (χ1n) is 10.0. The van der Waals surface area contributed by atoms with E-state index in [1.807, 2.05) is 13.0 Å². The Kier molecular flexibility index (Phi) is 7.63. The number of fused-ring (bicyclic) bond motifs is 1. The first-order valence-corrected chi connectivity index (χ1v) is 11.2. The Bertz CT molecular complexity index is 1030. The van der Waals surface area contributed by atoms with E-state index in [0.717, 1.165) is 0 Å². The summed E-state index contributed by atoms with van der Waals surface area (Å²) in [5.74, 6) is 0.660. The van der Waals surface area contributed by atoms with Gasteiger partial charge in [-0.15, -0.1) is 0 Å². The molecule has 3 heterocycles. The van der Waals surface area contributed by atoms with Gasteiger partial charge in [0.2, 0.25) is 0 Å². The summed E-state index contributed by atoms with van der Waals surface area (Å²) in [5, 5.41) is 3.25. The number of hydrogen-bond acceptors (Lipinski definition) is 7. The summed E-state index contributed by atoms with van der Waals surface area (Å²) in [5.41, 5.74) is 0.678. The smallest absolute Gasteiger partial charge is 0.267 e. The van der Waals surface area contributed by atoms with Crippen LogP contribution in [0, 0.1) is 5.92 Å². The second kappa shape index (κ2) is 10.2. The van der Waals surface area contributed by atoms with Gasteiger partial charge in [-0.3, -0.25) is 18.9 Å².